The second-order valence-electron chi connectivity index (χ2n) is 5.90. The summed E-state index contributed by atoms with van der Waals surface area (Å²) in [5.74, 6) is -1.35. The van der Waals surface area contributed by atoms with Crippen LogP contribution < -0.4 is 5.32 Å². The molecule has 0 bridgehead atoms. The SMILES string of the molecule is Cc1ccc(F)cc1C(=O)N[C@H]1COC[C@H]1CS(=O)(=O)N(C)C. The van der Waals surface area contributed by atoms with Crippen LogP contribution in [0, 0.1) is 18.7 Å². The summed E-state index contributed by atoms with van der Waals surface area (Å²) in [5, 5.41) is 2.76. The summed E-state index contributed by atoms with van der Waals surface area (Å²) in [5.41, 5.74) is 0.895. The third-order valence-electron chi connectivity index (χ3n) is 3.94. The van der Waals surface area contributed by atoms with Crippen LogP contribution in [0.5, 0.6) is 0 Å². The minimum Gasteiger partial charge on any atom is -0.379 e. The summed E-state index contributed by atoms with van der Waals surface area (Å²) < 4.78 is 43.8. The molecule has 2 atom stereocenters. The van der Waals surface area contributed by atoms with E-state index in [-0.39, 0.29) is 30.4 Å². The Balaban J connectivity index is 2.09. The molecule has 0 unspecified atom stereocenters. The van der Waals surface area contributed by atoms with Crippen LogP contribution in [0.2, 0.25) is 0 Å². The van der Waals surface area contributed by atoms with E-state index in [1.807, 2.05) is 0 Å². The lowest BCUT2D eigenvalue weighted by molar-refractivity contribution is 0.0925. The van der Waals surface area contributed by atoms with E-state index in [1.165, 1.54) is 32.3 Å². The van der Waals surface area contributed by atoms with Crippen molar-refractivity contribution in [2.24, 2.45) is 5.92 Å². The lowest BCUT2D eigenvalue weighted by atomic mass is 10.0. The van der Waals surface area contributed by atoms with Gasteiger partial charge in [0.2, 0.25) is 10.0 Å². The zero-order valence-electron chi connectivity index (χ0n) is 13.4. The molecule has 1 fully saturated rings. The van der Waals surface area contributed by atoms with Crippen LogP contribution in [0.15, 0.2) is 18.2 Å². The van der Waals surface area contributed by atoms with Gasteiger partial charge in [-0.2, -0.15) is 0 Å². The van der Waals surface area contributed by atoms with E-state index in [2.05, 4.69) is 5.32 Å². The highest BCUT2D eigenvalue weighted by Crippen LogP contribution is 2.18. The number of hydrogen-bond acceptors (Lipinski definition) is 4. The van der Waals surface area contributed by atoms with E-state index in [0.717, 1.165) is 4.31 Å². The Kier molecular flexibility index (Phi) is 5.38. The minimum absolute atomic E-state index is 0.104. The van der Waals surface area contributed by atoms with E-state index in [1.54, 1.807) is 6.92 Å². The molecule has 1 saturated heterocycles. The number of benzene rings is 1. The van der Waals surface area contributed by atoms with Crippen molar-refractivity contribution >= 4 is 15.9 Å². The second kappa shape index (κ2) is 6.94. The molecule has 1 heterocycles. The number of rotatable bonds is 5. The fourth-order valence-corrected chi connectivity index (χ4v) is 3.59. The monoisotopic (exact) mass is 344 g/mol. The molecule has 0 spiro atoms. The first kappa shape index (κ1) is 17.8. The fraction of sp³-hybridized carbons (Fsp3) is 0.533. The highest BCUT2D eigenvalue weighted by molar-refractivity contribution is 7.89. The van der Waals surface area contributed by atoms with E-state index in [9.17, 15) is 17.6 Å². The van der Waals surface area contributed by atoms with Crippen LogP contribution in [0.3, 0.4) is 0 Å². The first-order valence-corrected chi connectivity index (χ1v) is 8.86. The zero-order chi connectivity index (χ0) is 17.2. The Morgan fingerprint density at radius 2 is 2.09 bits per heavy atom. The second-order valence-corrected chi connectivity index (χ2v) is 8.13. The van der Waals surface area contributed by atoms with E-state index in [4.69, 9.17) is 4.74 Å². The van der Waals surface area contributed by atoms with Crippen molar-refractivity contribution < 1.29 is 22.3 Å². The van der Waals surface area contributed by atoms with Gasteiger partial charge in [-0.05, 0) is 24.6 Å². The van der Waals surface area contributed by atoms with Crippen LogP contribution in [0.4, 0.5) is 4.39 Å². The van der Waals surface area contributed by atoms with Gasteiger partial charge in [-0.1, -0.05) is 6.07 Å². The number of halogens is 1. The minimum atomic E-state index is -3.39. The van der Waals surface area contributed by atoms with Gasteiger partial charge in [0, 0.05) is 25.6 Å². The van der Waals surface area contributed by atoms with Crippen LogP contribution in [0.1, 0.15) is 15.9 Å². The number of carbonyl (C=O) groups is 1. The Labute approximate surface area is 135 Å². The molecule has 0 saturated carbocycles. The average molecular weight is 344 g/mol. The van der Waals surface area contributed by atoms with Crippen LogP contribution >= 0.6 is 0 Å². The van der Waals surface area contributed by atoms with Crippen molar-refractivity contribution in [1.82, 2.24) is 9.62 Å². The first-order chi connectivity index (χ1) is 10.7. The number of sulfonamides is 1. The molecule has 1 amide bonds. The lowest BCUT2D eigenvalue weighted by Crippen LogP contribution is -2.43. The molecular formula is C15H21FN2O4S. The highest BCUT2D eigenvalue weighted by atomic mass is 32.2. The Bertz CT molecular complexity index is 691. The summed E-state index contributed by atoms with van der Waals surface area (Å²) in [7, 11) is -0.454. The molecule has 0 aliphatic carbocycles. The van der Waals surface area contributed by atoms with E-state index >= 15 is 0 Å². The van der Waals surface area contributed by atoms with Gasteiger partial charge in [-0.25, -0.2) is 17.1 Å². The number of nitrogens with one attached hydrogen (secondary N) is 1. The summed E-state index contributed by atoms with van der Waals surface area (Å²) in [4.78, 5) is 12.3. The number of hydrogen-bond donors (Lipinski definition) is 1. The van der Waals surface area contributed by atoms with Gasteiger partial charge in [0.25, 0.3) is 5.91 Å². The molecule has 8 heteroatoms. The molecular weight excluding hydrogens is 323 g/mol. The van der Waals surface area contributed by atoms with Crippen molar-refractivity contribution in [2.75, 3.05) is 33.1 Å². The molecule has 0 aromatic heterocycles. The molecule has 6 nitrogen and oxygen atoms in total. The molecule has 1 aromatic carbocycles. The summed E-state index contributed by atoms with van der Waals surface area (Å²) in [6.07, 6.45) is 0. The maximum Gasteiger partial charge on any atom is 0.251 e. The Hall–Kier alpha value is -1.51. The Morgan fingerprint density at radius 1 is 1.39 bits per heavy atom. The third-order valence-corrected chi connectivity index (χ3v) is 5.90. The molecule has 1 N–H and O–H groups in total. The largest absolute Gasteiger partial charge is 0.379 e. The Morgan fingerprint density at radius 3 is 2.74 bits per heavy atom. The van der Waals surface area contributed by atoms with E-state index in [0.29, 0.717) is 5.56 Å². The predicted molar refractivity (Wildman–Crippen MR) is 84.2 cm³/mol. The molecule has 1 aliphatic rings. The van der Waals surface area contributed by atoms with Gasteiger partial charge in [0.15, 0.2) is 0 Å². The molecule has 2 rings (SSSR count). The van der Waals surface area contributed by atoms with E-state index < -0.39 is 27.8 Å². The van der Waals surface area contributed by atoms with Crippen molar-refractivity contribution in [3.63, 3.8) is 0 Å². The molecule has 1 aliphatic heterocycles. The van der Waals surface area contributed by atoms with Gasteiger partial charge >= 0.3 is 0 Å². The van der Waals surface area contributed by atoms with Crippen molar-refractivity contribution in [1.29, 1.82) is 0 Å². The molecule has 1 aromatic rings. The van der Waals surface area contributed by atoms with Crippen molar-refractivity contribution in [2.45, 2.75) is 13.0 Å². The molecule has 128 valence electrons. The molecule has 0 radical (unpaired) electrons. The van der Waals surface area contributed by atoms with Gasteiger partial charge in [0.1, 0.15) is 5.82 Å². The summed E-state index contributed by atoms with van der Waals surface area (Å²) >= 11 is 0. The van der Waals surface area contributed by atoms with Crippen LogP contribution in [-0.4, -0.2) is 57.7 Å². The van der Waals surface area contributed by atoms with Gasteiger partial charge < -0.3 is 10.1 Å². The zero-order valence-corrected chi connectivity index (χ0v) is 14.2. The number of aryl methyl sites for hydroxylation is 1. The number of ether oxygens (including phenoxy) is 1. The smallest absolute Gasteiger partial charge is 0.251 e. The van der Waals surface area contributed by atoms with Gasteiger partial charge in [-0.15, -0.1) is 0 Å². The normalized spacial score (nSPS) is 21.6. The highest BCUT2D eigenvalue weighted by Gasteiger charge is 2.34. The van der Waals surface area contributed by atoms with Crippen LogP contribution in [0.25, 0.3) is 0 Å². The topological polar surface area (TPSA) is 75.7 Å². The van der Waals surface area contributed by atoms with Gasteiger partial charge in [-0.3, -0.25) is 4.79 Å². The quantitative estimate of drug-likeness (QED) is 0.856. The predicted octanol–water partition coefficient (Wildman–Crippen LogP) is 0.770. The van der Waals surface area contributed by atoms with Crippen molar-refractivity contribution in [3.8, 4) is 0 Å². The standard InChI is InChI=1S/C15H21FN2O4S/c1-10-4-5-12(16)6-13(10)15(19)17-14-8-22-7-11(14)9-23(20,21)18(2)3/h4-6,11,14H,7-9H2,1-3H3,(H,17,19)/t11-,14-/m0/s1. The maximum absolute atomic E-state index is 13.3. The summed E-state index contributed by atoms with van der Waals surface area (Å²) in [6, 6.07) is 3.58. The maximum atomic E-state index is 13.3. The number of amides is 1. The lowest BCUT2D eigenvalue weighted by Gasteiger charge is -2.21. The average Bonchev–Trinajstić information content (AvgIpc) is 2.87. The van der Waals surface area contributed by atoms with Gasteiger partial charge in [0.05, 0.1) is 25.0 Å². The number of nitrogens with zero attached hydrogens (tertiary/aromatic N) is 1. The van der Waals surface area contributed by atoms with Crippen LogP contribution in [-0.2, 0) is 14.8 Å². The van der Waals surface area contributed by atoms with Crippen molar-refractivity contribution in [3.05, 3.63) is 35.1 Å². The fourth-order valence-electron chi connectivity index (χ4n) is 2.43. The number of carbonyl (C=O) groups excluding carboxylic acids is 1. The molecule has 23 heavy (non-hydrogen) atoms. The third kappa shape index (κ3) is 4.27. The summed E-state index contributed by atoms with van der Waals surface area (Å²) in [6.45, 7) is 2.22. The first-order valence-electron chi connectivity index (χ1n) is 7.25.